The zero-order chi connectivity index (χ0) is 14.0. The lowest BCUT2D eigenvalue weighted by Crippen LogP contribution is -2.46. The van der Waals surface area contributed by atoms with Crippen LogP contribution in [0.5, 0.6) is 0 Å². The Bertz CT molecular complexity index is 582. The number of carbonyl (C=O) groups excluding carboxylic acids is 1. The van der Waals surface area contributed by atoms with E-state index in [2.05, 4.69) is 20.6 Å². The fourth-order valence-corrected chi connectivity index (χ4v) is 2.09. The molecular weight excluding hydrogens is 240 g/mol. The van der Waals surface area contributed by atoms with Gasteiger partial charge in [0.25, 0.3) is 0 Å². The Balaban J connectivity index is 2.36. The van der Waals surface area contributed by atoms with Crippen molar-refractivity contribution in [2.75, 3.05) is 7.05 Å². The van der Waals surface area contributed by atoms with Crippen LogP contribution in [0, 0.1) is 0 Å². The number of para-hydroxylation sites is 1. The maximum Gasteiger partial charge on any atom is 0.242 e. The number of nitrogens with zero attached hydrogens (tertiary/aromatic N) is 1. The van der Waals surface area contributed by atoms with E-state index in [0.29, 0.717) is 0 Å². The minimum atomic E-state index is -0.411. The molecule has 0 aliphatic rings. The van der Waals surface area contributed by atoms with Gasteiger partial charge in [-0.3, -0.25) is 4.79 Å². The Morgan fingerprint density at radius 3 is 2.74 bits per heavy atom. The van der Waals surface area contributed by atoms with Crippen LogP contribution >= 0.6 is 0 Å². The van der Waals surface area contributed by atoms with Crippen LogP contribution in [0.15, 0.2) is 24.5 Å². The highest BCUT2D eigenvalue weighted by atomic mass is 16.2. The van der Waals surface area contributed by atoms with E-state index in [-0.39, 0.29) is 11.4 Å². The Morgan fingerprint density at radius 2 is 2.11 bits per heavy atom. The van der Waals surface area contributed by atoms with Crippen molar-refractivity contribution in [3.63, 3.8) is 0 Å². The molecule has 0 fully saturated rings. The standard InChI is InChI=1S/C14H20N4O/c1-14(2,3)18-13(19)12(15-4)9-6-5-7-10-11(9)17-8-16-10/h5-8,12,15H,1-4H3,(H,16,17)(H,18,19). The molecule has 0 radical (unpaired) electrons. The summed E-state index contributed by atoms with van der Waals surface area (Å²) in [5.74, 6) is -0.0505. The van der Waals surface area contributed by atoms with Crippen LogP contribution < -0.4 is 10.6 Å². The van der Waals surface area contributed by atoms with Crippen molar-refractivity contribution in [3.8, 4) is 0 Å². The summed E-state index contributed by atoms with van der Waals surface area (Å²) in [4.78, 5) is 19.7. The molecular formula is C14H20N4O. The molecule has 19 heavy (non-hydrogen) atoms. The first-order valence-electron chi connectivity index (χ1n) is 6.33. The van der Waals surface area contributed by atoms with Crippen molar-refractivity contribution >= 4 is 16.9 Å². The second kappa shape index (κ2) is 5.01. The number of hydrogen-bond donors (Lipinski definition) is 3. The Morgan fingerprint density at radius 1 is 1.37 bits per heavy atom. The zero-order valence-electron chi connectivity index (χ0n) is 11.7. The number of nitrogens with one attached hydrogen (secondary N) is 3. The molecule has 1 atom stereocenters. The highest BCUT2D eigenvalue weighted by Gasteiger charge is 2.24. The normalized spacial score (nSPS) is 13.5. The molecule has 0 aliphatic carbocycles. The average Bonchev–Trinajstić information content (AvgIpc) is 2.76. The van der Waals surface area contributed by atoms with E-state index < -0.39 is 6.04 Å². The zero-order valence-corrected chi connectivity index (χ0v) is 11.7. The summed E-state index contributed by atoms with van der Waals surface area (Å²) in [5.41, 5.74) is 2.38. The molecule has 1 unspecified atom stereocenters. The molecule has 0 saturated heterocycles. The maximum absolute atomic E-state index is 12.3. The number of carbonyl (C=O) groups is 1. The summed E-state index contributed by atoms with van der Waals surface area (Å²) in [6, 6.07) is 5.38. The molecule has 5 heteroatoms. The van der Waals surface area contributed by atoms with Gasteiger partial charge in [0.2, 0.25) is 5.91 Å². The molecule has 102 valence electrons. The van der Waals surface area contributed by atoms with Crippen molar-refractivity contribution in [1.82, 2.24) is 20.6 Å². The third kappa shape index (κ3) is 2.93. The number of amides is 1. The Kier molecular flexibility index (Phi) is 3.57. The second-order valence-corrected chi connectivity index (χ2v) is 5.61. The summed E-state index contributed by atoms with van der Waals surface area (Å²) in [7, 11) is 1.78. The lowest BCUT2D eigenvalue weighted by atomic mass is 10.0. The van der Waals surface area contributed by atoms with Gasteiger partial charge in [0.05, 0.1) is 17.4 Å². The number of imidazole rings is 1. The van der Waals surface area contributed by atoms with E-state index in [9.17, 15) is 4.79 Å². The summed E-state index contributed by atoms with van der Waals surface area (Å²) in [6.45, 7) is 5.90. The monoisotopic (exact) mass is 260 g/mol. The fourth-order valence-electron chi connectivity index (χ4n) is 2.09. The van der Waals surface area contributed by atoms with Crippen LogP contribution in [0.25, 0.3) is 11.0 Å². The minimum Gasteiger partial charge on any atom is -0.350 e. The first-order chi connectivity index (χ1) is 8.92. The van der Waals surface area contributed by atoms with Gasteiger partial charge in [-0.15, -0.1) is 0 Å². The molecule has 0 spiro atoms. The third-order valence-electron chi connectivity index (χ3n) is 2.84. The number of rotatable bonds is 3. The topological polar surface area (TPSA) is 69.8 Å². The highest BCUT2D eigenvalue weighted by molar-refractivity contribution is 5.89. The minimum absolute atomic E-state index is 0.0505. The molecule has 0 aliphatic heterocycles. The number of aromatic nitrogens is 2. The van der Waals surface area contributed by atoms with Gasteiger partial charge in [0, 0.05) is 11.1 Å². The van der Waals surface area contributed by atoms with Crippen LogP contribution in [0.1, 0.15) is 32.4 Å². The number of likely N-dealkylation sites (N-methyl/N-ethyl adjacent to an activating group) is 1. The number of H-pyrrole nitrogens is 1. The van der Waals surface area contributed by atoms with Crippen molar-refractivity contribution in [2.24, 2.45) is 0 Å². The average molecular weight is 260 g/mol. The molecule has 1 aromatic heterocycles. The van der Waals surface area contributed by atoms with Gasteiger partial charge in [-0.25, -0.2) is 4.98 Å². The van der Waals surface area contributed by atoms with Crippen LogP contribution in [0.4, 0.5) is 0 Å². The molecule has 1 aromatic carbocycles. The largest absolute Gasteiger partial charge is 0.350 e. The van der Waals surface area contributed by atoms with Gasteiger partial charge >= 0.3 is 0 Å². The molecule has 5 nitrogen and oxygen atoms in total. The summed E-state index contributed by atoms with van der Waals surface area (Å²) in [5, 5.41) is 6.04. The van der Waals surface area contributed by atoms with Crippen LogP contribution in [-0.4, -0.2) is 28.5 Å². The van der Waals surface area contributed by atoms with E-state index in [1.165, 1.54) is 0 Å². The van der Waals surface area contributed by atoms with Gasteiger partial charge in [-0.05, 0) is 33.9 Å². The Hall–Kier alpha value is -1.88. The van der Waals surface area contributed by atoms with E-state index in [1.807, 2.05) is 39.0 Å². The van der Waals surface area contributed by atoms with Crippen molar-refractivity contribution < 1.29 is 4.79 Å². The Labute approximate surface area is 112 Å². The summed E-state index contributed by atoms with van der Waals surface area (Å²) < 4.78 is 0. The molecule has 2 aromatic rings. The summed E-state index contributed by atoms with van der Waals surface area (Å²) in [6.07, 6.45) is 1.64. The van der Waals surface area contributed by atoms with Gasteiger partial charge in [0.1, 0.15) is 6.04 Å². The predicted molar refractivity (Wildman–Crippen MR) is 75.8 cm³/mol. The van der Waals surface area contributed by atoms with Gasteiger partial charge < -0.3 is 15.6 Å². The van der Waals surface area contributed by atoms with Gasteiger partial charge in [0.15, 0.2) is 0 Å². The maximum atomic E-state index is 12.3. The molecule has 2 rings (SSSR count). The number of aromatic amines is 1. The third-order valence-corrected chi connectivity index (χ3v) is 2.84. The van der Waals surface area contributed by atoms with E-state index in [1.54, 1.807) is 13.4 Å². The molecule has 1 amide bonds. The van der Waals surface area contributed by atoms with Crippen LogP contribution in [0.3, 0.4) is 0 Å². The quantitative estimate of drug-likeness (QED) is 0.787. The van der Waals surface area contributed by atoms with Crippen molar-refractivity contribution in [1.29, 1.82) is 0 Å². The SMILES string of the molecule is CNC(C(=O)NC(C)(C)C)c1cccc2[nH]cnc12. The number of hydrogen-bond acceptors (Lipinski definition) is 3. The first kappa shape index (κ1) is 13.5. The van der Waals surface area contributed by atoms with E-state index in [4.69, 9.17) is 0 Å². The highest BCUT2D eigenvalue weighted by Crippen LogP contribution is 2.22. The van der Waals surface area contributed by atoms with Gasteiger partial charge in [-0.2, -0.15) is 0 Å². The van der Waals surface area contributed by atoms with Crippen molar-refractivity contribution in [2.45, 2.75) is 32.4 Å². The van der Waals surface area contributed by atoms with Crippen molar-refractivity contribution in [3.05, 3.63) is 30.1 Å². The summed E-state index contributed by atoms with van der Waals surface area (Å²) >= 11 is 0. The molecule has 3 N–H and O–H groups in total. The van der Waals surface area contributed by atoms with E-state index >= 15 is 0 Å². The smallest absolute Gasteiger partial charge is 0.242 e. The lowest BCUT2D eigenvalue weighted by molar-refractivity contribution is -0.124. The molecule has 1 heterocycles. The van der Waals surface area contributed by atoms with Crippen LogP contribution in [0.2, 0.25) is 0 Å². The van der Waals surface area contributed by atoms with Gasteiger partial charge in [-0.1, -0.05) is 12.1 Å². The first-order valence-corrected chi connectivity index (χ1v) is 6.33. The predicted octanol–water partition coefficient (Wildman–Crippen LogP) is 1.74. The number of fused-ring (bicyclic) bond motifs is 1. The number of benzene rings is 1. The second-order valence-electron chi connectivity index (χ2n) is 5.61. The lowest BCUT2D eigenvalue weighted by Gasteiger charge is -2.25. The fraction of sp³-hybridized carbons (Fsp3) is 0.429. The molecule has 0 saturated carbocycles. The van der Waals surface area contributed by atoms with Crippen LogP contribution in [-0.2, 0) is 4.79 Å². The molecule has 0 bridgehead atoms. The van der Waals surface area contributed by atoms with E-state index in [0.717, 1.165) is 16.6 Å².